The maximum Gasteiger partial charge on any atom is 0.271 e. The van der Waals surface area contributed by atoms with Gasteiger partial charge in [-0.3, -0.25) is 9.78 Å². The Morgan fingerprint density at radius 2 is 2.42 bits per heavy atom. The quantitative estimate of drug-likeness (QED) is 0.836. The Bertz CT molecular complexity index is 419. The molecule has 2 rings (SSSR count). The summed E-state index contributed by atoms with van der Waals surface area (Å²) in [4.78, 5) is 20.3. The fraction of sp³-hybridized carbons (Fsp3) is 0.615. The maximum absolute atomic E-state index is 12.0. The van der Waals surface area contributed by atoms with Crippen LogP contribution in [0.25, 0.3) is 0 Å². The van der Waals surface area contributed by atoms with Gasteiger partial charge in [-0.1, -0.05) is 6.92 Å². The summed E-state index contributed by atoms with van der Waals surface area (Å²) in [7, 11) is 0. The normalized spacial score (nSPS) is 18.9. The van der Waals surface area contributed by atoms with Crippen LogP contribution in [-0.4, -0.2) is 41.7 Å². The molecule has 0 aliphatic carbocycles. The second-order valence-corrected chi connectivity index (χ2v) is 4.60. The van der Waals surface area contributed by atoms with Gasteiger partial charge in [0.2, 0.25) is 0 Å². The lowest BCUT2D eigenvalue weighted by molar-refractivity contribution is 0.0622. The van der Waals surface area contributed by atoms with Crippen molar-refractivity contribution in [2.75, 3.05) is 25.1 Å². The van der Waals surface area contributed by atoms with Gasteiger partial charge < -0.3 is 15.4 Å². The number of nitrogens with one attached hydrogen (secondary N) is 2. The van der Waals surface area contributed by atoms with Gasteiger partial charge in [-0.2, -0.15) is 0 Å². The van der Waals surface area contributed by atoms with Crippen molar-refractivity contribution in [3.05, 3.63) is 18.1 Å². The van der Waals surface area contributed by atoms with E-state index in [0.29, 0.717) is 18.1 Å². The van der Waals surface area contributed by atoms with Crippen molar-refractivity contribution in [2.24, 2.45) is 0 Å². The summed E-state index contributed by atoms with van der Waals surface area (Å²) >= 11 is 0. The second kappa shape index (κ2) is 7.04. The van der Waals surface area contributed by atoms with Crippen LogP contribution in [0.4, 0.5) is 5.82 Å². The third-order valence-electron chi connectivity index (χ3n) is 2.92. The molecule has 0 spiro atoms. The Hall–Kier alpha value is -1.69. The highest BCUT2D eigenvalue weighted by Gasteiger charge is 2.18. The number of nitrogens with zero attached hydrogens (tertiary/aromatic N) is 2. The van der Waals surface area contributed by atoms with Gasteiger partial charge in [-0.15, -0.1) is 0 Å². The first kappa shape index (κ1) is 13.7. The van der Waals surface area contributed by atoms with Crippen molar-refractivity contribution in [1.82, 2.24) is 15.3 Å². The molecule has 1 saturated heterocycles. The van der Waals surface area contributed by atoms with Crippen LogP contribution in [0.15, 0.2) is 12.4 Å². The van der Waals surface area contributed by atoms with Crippen molar-refractivity contribution < 1.29 is 9.53 Å². The van der Waals surface area contributed by atoms with Gasteiger partial charge in [0.05, 0.1) is 25.0 Å². The van der Waals surface area contributed by atoms with E-state index in [1.54, 1.807) is 6.20 Å². The number of carbonyl (C=O) groups is 1. The standard InChI is InChI=1S/C13H20N4O2/c1-2-5-15-12-8-14-7-11(17-12)13(18)16-10-4-3-6-19-9-10/h7-8,10H,2-6,9H2,1H3,(H,15,17)(H,16,18). The predicted molar refractivity (Wildman–Crippen MR) is 72.1 cm³/mol. The van der Waals surface area contributed by atoms with E-state index in [-0.39, 0.29) is 11.9 Å². The highest BCUT2D eigenvalue weighted by Crippen LogP contribution is 2.07. The van der Waals surface area contributed by atoms with Gasteiger partial charge >= 0.3 is 0 Å². The number of rotatable bonds is 5. The molecular formula is C13H20N4O2. The van der Waals surface area contributed by atoms with Crippen LogP contribution < -0.4 is 10.6 Å². The first-order chi connectivity index (χ1) is 9.29. The number of hydrogen-bond acceptors (Lipinski definition) is 5. The van der Waals surface area contributed by atoms with Crippen LogP contribution in [-0.2, 0) is 4.74 Å². The van der Waals surface area contributed by atoms with Gasteiger partial charge in [0, 0.05) is 13.2 Å². The lowest BCUT2D eigenvalue weighted by Gasteiger charge is -2.22. The molecule has 1 atom stereocenters. The lowest BCUT2D eigenvalue weighted by Crippen LogP contribution is -2.41. The molecule has 0 bridgehead atoms. The summed E-state index contributed by atoms with van der Waals surface area (Å²) in [6, 6.07) is 0.0790. The fourth-order valence-corrected chi connectivity index (χ4v) is 1.93. The number of hydrogen-bond donors (Lipinski definition) is 2. The molecule has 104 valence electrons. The molecule has 6 heteroatoms. The largest absolute Gasteiger partial charge is 0.379 e. The first-order valence-corrected chi connectivity index (χ1v) is 6.74. The molecule has 1 aliphatic heterocycles. The molecule has 1 aromatic rings. The number of anilines is 1. The molecule has 1 aliphatic rings. The molecule has 1 unspecified atom stereocenters. The molecule has 1 fully saturated rings. The minimum atomic E-state index is -0.192. The van der Waals surface area contributed by atoms with Gasteiger partial charge in [-0.05, 0) is 19.3 Å². The highest BCUT2D eigenvalue weighted by atomic mass is 16.5. The molecule has 6 nitrogen and oxygen atoms in total. The molecular weight excluding hydrogens is 244 g/mol. The Balaban J connectivity index is 1.93. The van der Waals surface area contributed by atoms with E-state index in [1.165, 1.54) is 6.20 Å². The molecule has 2 heterocycles. The van der Waals surface area contributed by atoms with Crippen molar-refractivity contribution in [1.29, 1.82) is 0 Å². The van der Waals surface area contributed by atoms with Gasteiger partial charge in [0.15, 0.2) is 0 Å². The van der Waals surface area contributed by atoms with Crippen molar-refractivity contribution in [2.45, 2.75) is 32.2 Å². The van der Waals surface area contributed by atoms with Crippen LogP contribution in [0.5, 0.6) is 0 Å². The van der Waals surface area contributed by atoms with E-state index >= 15 is 0 Å². The maximum atomic E-state index is 12.0. The number of aromatic nitrogens is 2. The fourth-order valence-electron chi connectivity index (χ4n) is 1.93. The summed E-state index contributed by atoms with van der Waals surface area (Å²) in [5.41, 5.74) is 0.340. The lowest BCUT2D eigenvalue weighted by atomic mass is 10.1. The first-order valence-electron chi connectivity index (χ1n) is 6.74. The zero-order chi connectivity index (χ0) is 13.5. The minimum absolute atomic E-state index is 0.0790. The molecule has 0 aromatic carbocycles. The average molecular weight is 264 g/mol. The SMILES string of the molecule is CCCNc1cncc(C(=O)NC2CCCOC2)n1. The number of carbonyl (C=O) groups excluding carboxylic acids is 1. The summed E-state index contributed by atoms with van der Waals surface area (Å²) < 4.78 is 5.33. The zero-order valence-electron chi connectivity index (χ0n) is 11.2. The van der Waals surface area contributed by atoms with E-state index in [4.69, 9.17) is 4.74 Å². The number of amides is 1. The minimum Gasteiger partial charge on any atom is -0.379 e. The smallest absolute Gasteiger partial charge is 0.271 e. The molecule has 1 aromatic heterocycles. The topological polar surface area (TPSA) is 76.1 Å². The Morgan fingerprint density at radius 1 is 1.53 bits per heavy atom. The molecule has 0 radical (unpaired) electrons. The monoisotopic (exact) mass is 264 g/mol. The van der Waals surface area contributed by atoms with E-state index in [2.05, 4.69) is 27.5 Å². The van der Waals surface area contributed by atoms with E-state index < -0.39 is 0 Å². The molecule has 2 N–H and O–H groups in total. The predicted octanol–water partition coefficient (Wildman–Crippen LogP) is 1.21. The highest BCUT2D eigenvalue weighted by molar-refractivity contribution is 5.92. The van der Waals surface area contributed by atoms with Crippen LogP contribution in [0.3, 0.4) is 0 Å². The van der Waals surface area contributed by atoms with Crippen LogP contribution >= 0.6 is 0 Å². The summed E-state index contributed by atoms with van der Waals surface area (Å²) in [5, 5.41) is 6.04. The van der Waals surface area contributed by atoms with Crippen LogP contribution in [0, 0.1) is 0 Å². The molecule has 19 heavy (non-hydrogen) atoms. The molecule has 1 amide bonds. The van der Waals surface area contributed by atoms with E-state index in [1.807, 2.05) is 0 Å². The molecule has 0 saturated carbocycles. The van der Waals surface area contributed by atoms with Crippen molar-refractivity contribution in [3.8, 4) is 0 Å². The Morgan fingerprint density at radius 3 is 3.16 bits per heavy atom. The van der Waals surface area contributed by atoms with Crippen molar-refractivity contribution in [3.63, 3.8) is 0 Å². The number of ether oxygens (including phenoxy) is 1. The average Bonchev–Trinajstić information content (AvgIpc) is 2.46. The Kier molecular flexibility index (Phi) is 5.09. The third-order valence-corrected chi connectivity index (χ3v) is 2.92. The summed E-state index contributed by atoms with van der Waals surface area (Å²) in [5.74, 6) is 0.442. The van der Waals surface area contributed by atoms with Crippen LogP contribution in [0.2, 0.25) is 0 Å². The van der Waals surface area contributed by atoms with E-state index in [0.717, 1.165) is 32.4 Å². The third kappa shape index (κ3) is 4.17. The van der Waals surface area contributed by atoms with Gasteiger partial charge in [-0.25, -0.2) is 4.98 Å². The van der Waals surface area contributed by atoms with Crippen LogP contribution in [0.1, 0.15) is 36.7 Å². The second-order valence-electron chi connectivity index (χ2n) is 4.60. The Labute approximate surface area is 113 Å². The van der Waals surface area contributed by atoms with Gasteiger partial charge in [0.1, 0.15) is 11.5 Å². The summed E-state index contributed by atoms with van der Waals surface area (Å²) in [6.45, 7) is 4.24. The zero-order valence-corrected chi connectivity index (χ0v) is 11.2. The van der Waals surface area contributed by atoms with Gasteiger partial charge in [0.25, 0.3) is 5.91 Å². The van der Waals surface area contributed by atoms with Crippen molar-refractivity contribution >= 4 is 11.7 Å². The van der Waals surface area contributed by atoms with E-state index in [9.17, 15) is 4.79 Å². The summed E-state index contributed by atoms with van der Waals surface area (Å²) in [6.07, 6.45) is 6.03.